The number of piperidine rings is 1. The van der Waals surface area contributed by atoms with Crippen LogP contribution in [0.15, 0.2) is 42.5 Å². The maximum absolute atomic E-state index is 15.4. The van der Waals surface area contributed by atoms with Gasteiger partial charge < -0.3 is 10.4 Å². The SMILES string of the molecule is CC(C)(C)CC(C)(C)C12CC1CC(C(=O)Nc1cccc(-c3ccccc3Cl)c1F)N2C(=O)O. The lowest BCUT2D eigenvalue weighted by Crippen LogP contribution is -2.55. The summed E-state index contributed by atoms with van der Waals surface area (Å²) in [5, 5.41) is 13.2. The smallest absolute Gasteiger partial charge is 0.408 e. The summed E-state index contributed by atoms with van der Waals surface area (Å²) in [6.45, 7) is 10.6. The van der Waals surface area contributed by atoms with E-state index in [9.17, 15) is 14.7 Å². The van der Waals surface area contributed by atoms with E-state index in [1.807, 2.05) is 0 Å². The summed E-state index contributed by atoms with van der Waals surface area (Å²) in [4.78, 5) is 27.1. The van der Waals surface area contributed by atoms with Gasteiger partial charge in [0, 0.05) is 16.1 Å². The molecule has 0 aromatic heterocycles. The lowest BCUT2D eigenvalue weighted by Gasteiger charge is -2.44. The maximum Gasteiger partial charge on any atom is 0.408 e. The fraction of sp³-hybridized carbons (Fsp3) is 0.481. The van der Waals surface area contributed by atoms with Crippen LogP contribution in [0.3, 0.4) is 0 Å². The Morgan fingerprint density at radius 1 is 1.12 bits per heavy atom. The molecular weight excluding hydrogens is 455 g/mol. The highest BCUT2D eigenvalue weighted by atomic mass is 35.5. The lowest BCUT2D eigenvalue weighted by molar-refractivity contribution is -0.121. The predicted octanol–water partition coefficient (Wildman–Crippen LogP) is 7.06. The normalized spacial score (nSPS) is 24.0. The molecule has 7 heteroatoms. The van der Waals surface area contributed by atoms with Gasteiger partial charge in [0.05, 0.1) is 11.2 Å². The third-order valence-corrected chi connectivity index (χ3v) is 7.73. The van der Waals surface area contributed by atoms with Crippen molar-refractivity contribution in [2.24, 2.45) is 16.7 Å². The number of nitrogens with one attached hydrogen (secondary N) is 1. The van der Waals surface area contributed by atoms with Crippen LogP contribution in [0.4, 0.5) is 14.9 Å². The second kappa shape index (κ2) is 8.26. The third-order valence-electron chi connectivity index (χ3n) is 7.40. The summed E-state index contributed by atoms with van der Waals surface area (Å²) in [5.41, 5.74) is -0.0650. The molecule has 1 saturated carbocycles. The molecule has 182 valence electrons. The van der Waals surface area contributed by atoms with E-state index in [0.717, 1.165) is 12.8 Å². The number of carbonyl (C=O) groups is 2. The first-order valence-corrected chi connectivity index (χ1v) is 12.0. The summed E-state index contributed by atoms with van der Waals surface area (Å²) in [7, 11) is 0. The van der Waals surface area contributed by atoms with Crippen LogP contribution in [0.5, 0.6) is 0 Å². The average Bonchev–Trinajstić information content (AvgIpc) is 3.34. The van der Waals surface area contributed by atoms with Crippen molar-refractivity contribution in [2.45, 2.75) is 65.5 Å². The van der Waals surface area contributed by atoms with Crippen molar-refractivity contribution in [3.63, 3.8) is 0 Å². The summed E-state index contributed by atoms with van der Waals surface area (Å²) in [6, 6.07) is 10.8. The van der Waals surface area contributed by atoms with Crippen LogP contribution in [-0.4, -0.2) is 33.6 Å². The highest BCUT2D eigenvalue weighted by Crippen LogP contribution is 2.68. The molecule has 0 radical (unpaired) electrons. The number of nitrogens with zero attached hydrogens (tertiary/aromatic N) is 1. The predicted molar refractivity (Wildman–Crippen MR) is 132 cm³/mol. The summed E-state index contributed by atoms with van der Waals surface area (Å²) < 4.78 is 15.4. The standard InChI is InChI=1S/C27H32ClFN2O3/c1-25(2,3)15-26(4,5)27-14-16(27)13-21(31(27)24(33)34)23(32)30-20-12-8-10-18(22(20)29)17-9-6-7-11-19(17)28/h6-12,16,21H,13-15H2,1-5H3,(H,30,32)(H,33,34). The molecule has 2 aliphatic rings. The Morgan fingerprint density at radius 3 is 2.38 bits per heavy atom. The van der Waals surface area contributed by atoms with E-state index in [1.165, 1.54) is 11.0 Å². The fourth-order valence-corrected chi connectivity index (χ4v) is 6.67. The first-order chi connectivity index (χ1) is 15.8. The zero-order valence-electron chi connectivity index (χ0n) is 20.3. The zero-order valence-corrected chi connectivity index (χ0v) is 21.0. The number of benzene rings is 2. The Balaban J connectivity index is 1.61. The van der Waals surface area contributed by atoms with Gasteiger partial charge in [0.1, 0.15) is 6.04 Å². The molecule has 1 heterocycles. The zero-order chi connectivity index (χ0) is 25.1. The summed E-state index contributed by atoms with van der Waals surface area (Å²) in [6.07, 6.45) is 0.913. The molecule has 1 aliphatic heterocycles. The quantitative estimate of drug-likeness (QED) is 0.475. The molecule has 2 amide bonds. The Morgan fingerprint density at radius 2 is 1.76 bits per heavy atom. The van der Waals surface area contributed by atoms with Gasteiger partial charge in [-0.15, -0.1) is 0 Å². The third kappa shape index (κ3) is 4.06. The second-order valence-electron chi connectivity index (χ2n) is 11.5. The van der Waals surface area contributed by atoms with Crippen LogP contribution in [0.1, 0.15) is 53.9 Å². The molecule has 4 rings (SSSR count). The number of hydrogen-bond acceptors (Lipinski definition) is 2. The van der Waals surface area contributed by atoms with E-state index in [1.54, 1.807) is 36.4 Å². The molecule has 1 aliphatic carbocycles. The van der Waals surface area contributed by atoms with Crippen molar-refractivity contribution in [3.8, 4) is 11.1 Å². The molecule has 0 spiro atoms. The van der Waals surface area contributed by atoms with Crippen molar-refractivity contribution in [1.29, 1.82) is 0 Å². The van der Waals surface area contributed by atoms with E-state index in [2.05, 4.69) is 39.9 Å². The molecule has 1 saturated heterocycles. The number of hydrogen-bond donors (Lipinski definition) is 2. The second-order valence-corrected chi connectivity index (χ2v) is 11.9. The highest BCUT2D eigenvalue weighted by Gasteiger charge is 2.74. The van der Waals surface area contributed by atoms with Crippen molar-refractivity contribution in [2.75, 3.05) is 5.32 Å². The first-order valence-electron chi connectivity index (χ1n) is 11.6. The van der Waals surface area contributed by atoms with Gasteiger partial charge in [-0.25, -0.2) is 9.18 Å². The first kappa shape index (κ1) is 24.5. The molecule has 2 fully saturated rings. The van der Waals surface area contributed by atoms with E-state index >= 15 is 4.39 Å². The number of fused-ring (bicyclic) bond motifs is 1. The number of rotatable bonds is 5. The van der Waals surface area contributed by atoms with Gasteiger partial charge in [0.25, 0.3) is 0 Å². The Bertz CT molecular complexity index is 1140. The number of likely N-dealkylation sites (tertiary alicyclic amines) is 1. The largest absolute Gasteiger partial charge is 0.465 e. The van der Waals surface area contributed by atoms with Gasteiger partial charge >= 0.3 is 6.09 Å². The summed E-state index contributed by atoms with van der Waals surface area (Å²) >= 11 is 6.25. The highest BCUT2D eigenvalue weighted by molar-refractivity contribution is 6.33. The number of carboxylic acid groups (broad SMARTS) is 1. The van der Waals surface area contributed by atoms with Crippen molar-refractivity contribution < 1.29 is 19.1 Å². The van der Waals surface area contributed by atoms with Crippen molar-refractivity contribution in [1.82, 2.24) is 4.90 Å². The molecule has 3 unspecified atom stereocenters. The lowest BCUT2D eigenvalue weighted by atomic mass is 9.69. The van der Waals surface area contributed by atoms with Gasteiger partial charge in [-0.1, -0.05) is 76.6 Å². The average molecular weight is 487 g/mol. The van der Waals surface area contributed by atoms with Crippen molar-refractivity contribution in [3.05, 3.63) is 53.3 Å². The number of carbonyl (C=O) groups excluding carboxylic acids is 1. The molecule has 2 aromatic rings. The molecule has 2 N–H and O–H groups in total. The van der Waals surface area contributed by atoms with Crippen LogP contribution in [0.2, 0.25) is 5.02 Å². The van der Waals surface area contributed by atoms with Gasteiger partial charge in [0.2, 0.25) is 5.91 Å². The minimum atomic E-state index is -1.10. The number of amides is 2. The minimum Gasteiger partial charge on any atom is -0.465 e. The molecule has 34 heavy (non-hydrogen) atoms. The monoisotopic (exact) mass is 486 g/mol. The van der Waals surface area contributed by atoms with Gasteiger partial charge in [-0.2, -0.15) is 0 Å². The topological polar surface area (TPSA) is 69.6 Å². The van der Waals surface area contributed by atoms with Gasteiger partial charge in [-0.3, -0.25) is 9.69 Å². The fourth-order valence-electron chi connectivity index (χ4n) is 6.44. The molecule has 0 bridgehead atoms. The van der Waals surface area contributed by atoms with E-state index in [-0.39, 0.29) is 28.0 Å². The van der Waals surface area contributed by atoms with E-state index in [4.69, 9.17) is 11.6 Å². The van der Waals surface area contributed by atoms with E-state index < -0.39 is 29.4 Å². The van der Waals surface area contributed by atoms with Crippen LogP contribution in [0.25, 0.3) is 11.1 Å². The molecule has 5 nitrogen and oxygen atoms in total. The van der Waals surface area contributed by atoms with Gasteiger partial charge in [-0.05, 0) is 48.1 Å². The minimum absolute atomic E-state index is 0.0105. The van der Waals surface area contributed by atoms with Crippen LogP contribution >= 0.6 is 11.6 Å². The van der Waals surface area contributed by atoms with Crippen LogP contribution in [0, 0.1) is 22.6 Å². The number of halogens is 2. The maximum atomic E-state index is 15.4. The Labute approximate surface area is 205 Å². The Hall–Kier alpha value is -2.60. The van der Waals surface area contributed by atoms with Crippen LogP contribution < -0.4 is 5.32 Å². The molecule has 2 aromatic carbocycles. The van der Waals surface area contributed by atoms with Crippen LogP contribution in [-0.2, 0) is 4.79 Å². The van der Waals surface area contributed by atoms with Gasteiger partial charge in [0.15, 0.2) is 5.82 Å². The summed E-state index contributed by atoms with van der Waals surface area (Å²) in [5.74, 6) is -0.983. The molecule has 3 atom stereocenters. The van der Waals surface area contributed by atoms with Crippen molar-refractivity contribution >= 4 is 29.3 Å². The van der Waals surface area contributed by atoms with E-state index in [0.29, 0.717) is 17.0 Å². The number of anilines is 1. The molecular formula is C27H32ClFN2O3. The Kier molecular flexibility index (Phi) is 5.96.